The zero-order valence-corrected chi connectivity index (χ0v) is 23.7. The summed E-state index contributed by atoms with van der Waals surface area (Å²) in [6, 6.07) is 21.5. The van der Waals surface area contributed by atoms with Gasteiger partial charge >= 0.3 is 6.09 Å². The fraction of sp³-hybridized carbons (Fsp3) is 0.375. The van der Waals surface area contributed by atoms with E-state index in [1.54, 1.807) is 13.4 Å². The lowest BCUT2D eigenvalue weighted by molar-refractivity contribution is -0.0205. The second kappa shape index (κ2) is 14.6. The molecule has 2 atom stereocenters. The first-order valence-corrected chi connectivity index (χ1v) is 14.2. The average molecular weight is 576 g/mol. The molecule has 0 aliphatic carbocycles. The van der Waals surface area contributed by atoms with Crippen molar-refractivity contribution in [2.45, 2.75) is 31.5 Å². The number of nitrogens with one attached hydrogen (secondary N) is 1. The zero-order chi connectivity index (χ0) is 29.1. The number of para-hydroxylation sites is 2. The molecule has 5 rings (SSSR count). The average Bonchev–Trinajstić information content (AvgIpc) is 3.51. The minimum atomic E-state index is -0.931. The molecule has 1 aliphatic rings. The predicted octanol–water partition coefficient (Wildman–Crippen LogP) is 5.49. The van der Waals surface area contributed by atoms with E-state index in [4.69, 9.17) is 23.7 Å². The topological polar surface area (TPSA) is 115 Å². The third-order valence-corrected chi connectivity index (χ3v) is 7.38. The first kappa shape index (κ1) is 29.2. The summed E-state index contributed by atoms with van der Waals surface area (Å²) in [7, 11) is 1.66. The van der Waals surface area contributed by atoms with Crippen molar-refractivity contribution < 1.29 is 33.6 Å². The summed E-state index contributed by atoms with van der Waals surface area (Å²) >= 11 is 0. The molecular formula is C32H37N3O7. The summed E-state index contributed by atoms with van der Waals surface area (Å²) in [5.41, 5.74) is 3.79. The van der Waals surface area contributed by atoms with E-state index in [2.05, 4.69) is 9.97 Å². The number of carboxylic acid groups (broad SMARTS) is 1. The summed E-state index contributed by atoms with van der Waals surface area (Å²) in [6.07, 6.45) is 1.85. The summed E-state index contributed by atoms with van der Waals surface area (Å²) in [5.74, 6) is 2.35. The number of methoxy groups -OCH3 is 1. The van der Waals surface area contributed by atoms with Gasteiger partial charge in [-0.1, -0.05) is 36.4 Å². The van der Waals surface area contributed by atoms with Crippen LogP contribution in [0.3, 0.4) is 0 Å². The fourth-order valence-corrected chi connectivity index (χ4v) is 5.21. The number of hydrogen-bond donors (Lipinski definition) is 2. The van der Waals surface area contributed by atoms with Crippen molar-refractivity contribution in [1.82, 2.24) is 14.9 Å². The van der Waals surface area contributed by atoms with Gasteiger partial charge in [-0.05, 0) is 42.3 Å². The maximum absolute atomic E-state index is 11.7. The molecule has 1 saturated heterocycles. The normalized spacial score (nSPS) is 16.8. The van der Waals surface area contributed by atoms with Crippen LogP contribution in [-0.2, 0) is 16.1 Å². The van der Waals surface area contributed by atoms with Crippen LogP contribution in [0, 0.1) is 0 Å². The Labute approximate surface area is 245 Å². The highest BCUT2D eigenvalue weighted by molar-refractivity contribution is 5.81. The van der Waals surface area contributed by atoms with Crippen LogP contribution in [0.2, 0.25) is 0 Å². The van der Waals surface area contributed by atoms with Crippen molar-refractivity contribution in [3.63, 3.8) is 0 Å². The van der Waals surface area contributed by atoms with E-state index >= 15 is 0 Å². The lowest BCUT2D eigenvalue weighted by Gasteiger charge is -2.37. The molecule has 1 aromatic heterocycles. The molecule has 0 saturated carbocycles. The van der Waals surface area contributed by atoms with Gasteiger partial charge in [0.1, 0.15) is 29.4 Å². The van der Waals surface area contributed by atoms with E-state index < -0.39 is 6.09 Å². The molecule has 1 fully saturated rings. The molecule has 222 valence electrons. The standard InChI is InChI=1S/C32H37N3O7/c1-38-28-8-3-2-6-24(28)21-39-16-5-17-40-25-12-10-23(11-13-25)26-14-15-35(32(36)37)20-30(26)42-19-18-41-29-9-4-7-27-31(29)34-22-33-27/h2-4,6-13,22,26,30H,5,14-21H2,1H3,(H,33,34)(H,36,37). The number of piperidine rings is 1. The van der Waals surface area contributed by atoms with Gasteiger partial charge in [-0.3, -0.25) is 0 Å². The van der Waals surface area contributed by atoms with Crippen LogP contribution in [0.4, 0.5) is 4.79 Å². The van der Waals surface area contributed by atoms with Crippen molar-refractivity contribution in [1.29, 1.82) is 0 Å². The second-order valence-electron chi connectivity index (χ2n) is 10.1. The molecule has 2 heterocycles. The van der Waals surface area contributed by atoms with Crippen LogP contribution >= 0.6 is 0 Å². The number of aromatic nitrogens is 2. The number of ether oxygens (including phenoxy) is 5. The second-order valence-corrected chi connectivity index (χ2v) is 10.1. The Morgan fingerprint density at radius 1 is 0.976 bits per heavy atom. The van der Waals surface area contributed by atoms with Crippen LogP contribution in [0.25, 0.3) is 11.0 Å². The Bertz CT molecular complexity index is 1430. The monoisotopic (exact) mass is 575 g/mol. The number of likely N-dealkylation sites (tertiary alicyclic amines) is 1. The number of rotatable bonds is 14. The first-order valence-electron chi connectivity index (χ1n) is 14.2. The smallest absolute Gasteiger partial charge is 0.407 e. The van der Waals surface area contributed by atoms with E-state index in [1.165, 1.54) is 4.90 Å². The molecule has 10 heteroatoms. The van der Waals surface area contributed by atoms with Crippen LogP contribution in [-0.4, -0.2) is 78.8 Å². The first-order chi connectivity index (χ1) is 20.6. The minimum absolute atomic E-state index is 0.0628. The van der Waals surface area contributed by atoms with Crippen molar-refractivity contribution in [2.75, 3.05) is 46.6 Å². The van der Waals surface area contributed by atoms with Crippen molar-refractivity contribution >= 4 is 17.1 Å². The highest BCUT2D eigenvalue weighted by Crippen LogP contribution is 2.32. The van der Waals surface area contributed by atoms with E-state index in [0.717, 1.165) is 40.1 Å². The van der Waals surface area contributed by atoms with E-state index in [0.29, 0.717) is 58.3 Å². The molecule has 1 aliphatic heterocycles. The molecule has 0 spiro atoms. The van der Waals surface area contributed by atoms with Crippen LogP contribution in [0.5, 0.6) is 17.2 Å². The van der Waals surface area contributed by atoms with Crippen molar-refractivity contribution in [3.05, 3.63) is 84.2 Å². The maximum atomic E-state index is 11.7. The molecule has 1 amide bonds. The Morgan fingerprint density at radius 3 is 2.64 bits per heavy atom. The molecule has 10 nitrogen and oxygen atoms in total. The van der Waals surface area contributed by atoms with Gasteiger partial charge in [0.25, 0.3) is 0 Å². The number of amides is 1. The quantitative estimate of drug-likeness (QED) is 0.190. The maximum Gasteiger partial charge on any atom is 0.407 e. The molecule has 4 aromatic rings. The van der Waals surface area contributed by atoms with Gasteiger partial charge in [-0.15, -0.1) is 0 Å². The molecule has 42 heavy (non-hydrogen) atoms. The summed E-state index contributed by atoms with van der Waals surface area (Å²) in [5, 5.41) is 9.57. The van der Waals surface area contributed by atoms with Crippen LogP contribution < -0.4 is 14.2 Å². The Balaban J connectivity index is 1.09. The summed E-state index contributed by atoms with van der Waals surface area (Å²) in [4.78, 5) is 20.5. The van der Waals surface area contributed by atoms with Gasteiger partial charge in [-0.2, -0.15) is 0 Å². The highest BCUT2D eigenvalue weighted by Gasteiger charge is 2.33. The van der Waals surface area contributed by atoms with E-state index in [1.807, 2.05) is 66.7 Å². The van der Waals surface area contributed by atoms with E-state index in [-0.39, 0.29) is 12.0 Å². The largest absolute Gasteiger partial charge is 0.496 e. The van der Waals surface area contributed by atoms with Gasteiger partial charge in [-0.25, -0.2) is 9.78 Å². The SMILES string of the molecule is COc1ccccc1COCCCOc1ccc(C2CCN(C(=O)O)CC2OCCOc2cccc3[nH]cnc23)cc1. The number of fused-ring (bicyclic) bond motifs is 1. The Kier molecular flexibility index (Phi) is 10.1. The number of carbonyl (C=O) groups is 1. The summed E-state index contributed by atoms with van der Waals surface area (Å²) in [6.45, 7) is 3.05. The molecule has 0 radical (unpaired) electrons. The third kappa shape index (κ3) is 7.51. The van der Waals surface area contributed by atoms with Crippen LogP contribution in [0.15, 0.2) is 73.1 Å². The lowest BCUT2D eigenvalue weighted by atomic mass is 9.87. The van der Waals surface area contributed by atoms with Crippen molar-refractivity contribution in [3.8, 4) is 17.2 Å². The lowest BCUT2D eigenvalue weighted by Crippen LogP contribution is -2.46. The molecular weight excluding hydrogens is 538 g/mol. The Morgan fingerprint density at radius 2 is 1.81 bits per heavy atom. The number of imidazole rings is 1. The molecule has 2 N–H and O–H groups in total. The number of nitrogens with zero attached hydrogens (tertiary/aromatic N) is 2. The van der Waals surface area contributed by atoms with Crippen molar-refractivity contribution in [2.24, 2.45) is 0 Å². The van der Waals surface area contributed by atoms with Gasteiger partial charge in [0.05, 0.1) is 58.0 Å². The molecule has 2 unspecified atom stereocenters. The molecule has 3 aromatic carbocycles. The fourth-order valence-electron chi connectivity index (χ4n) is 5.21. The van der Waals surface area contributed by atoms with Crippen LogP contribution in [0.1, 0.15) is 29.9 Å². The molecule has 0 bridgehead atoms. The van der Waals surface area contributed by atoms with Gasteiger partial charge in [0, 0.05) is 24.4 Å². The third-order valence-electron chi connectivity index (χ3n) is 7.38. The number of benzene rings is 3. The number of H-pyrrole nitrogens is 1. The zero-order valence-electron chi connectivity index (χ0n) is 23.7. The van der Waals surface area contributed by atoms with Gasteiger partial charge in [0.2, 0.25) is 0 Å². The summed E-state index contributed by atoms with van der Waals surface area (Å²) < 4.78 is 29.2. The number of aromatic amines is 1. The number of hydrogen-bond acceptors (Lipinski definition) is 7. The minimum Gasteiger partial charge on any atom is -0.496 e. The van der Waals surface area contributed by atoms with Gasteiger partial charge < -0.3 is 38.7 Å². The van der Waals surface area contributed by atoms with E-state index in [9.17, 15) is 9.90 Å². The van der Waals surface area contributed by atoms with Gasteiger partial charge in [0.15, 0.2) is 0 Å². The predicted molar refractivity (Wildman–Crippen MR) is 157 cm³/mol. The highest BCUT2D eigenvalue weighted by atomic mass is 16.5. The Hall–Kier alpha value is -4.28.